The van der Waals surface area contributed by atoms with Crippen molar-refractivity contribution in [1.29, 1.82) is 0 Å². The average Bonchev–Trinajstić information content (AvgIpc) is 1.91. The van der Waals surface area contributed by atoms with Gasteiger partial charge in [-0.3, -0.25) is 0 Å². The summed E-state index contributed by atoms with van der Waals surface area (Å²) in [5.41, 5.74) is 0. The van der Waals surface area contributed by atoms with Crippen LogP contribution in [0.5, 0.6) is 0 Å². The minimum Gasteiger partial charge on any atom is -0.127 e. The van der Waals surface area contributed by atoms with E-state index in [0.29, 0.717) is 0 Å². The van der Waals surface area contributed by atoms with E-state index in [2.05, 4.69) is 13.2 Å². The molecule has 0 nitrogen and oxygen atoms in total. The molecule has 0 amide bonds. The summed E-state index contributed by atoms with van der Waals surface area (Å²) in [5.74, 6) is 0.786. The van der Waals surface area contributed by atoms with Crippen LogP contribution in [0, 0.1) is 0 Å². The van der Waals surface area contributed by atoms with E-state index in [1.807, 2.05) is 13.0 Å². The standard InChI is InChI=1S/C6H11Cl.C3H6/c1-2-3-4-5-6-7;1-3-2/h2H,1,3-6H2;3H,1H2,2H3. The Balaban J connectivity index is 0. The highest BCUT2D eigenvalue weighted by Crippen LogP contribution is 1.95. The van der Waals surface area contributed by atoms with E-state index in [1.165, 1.54) is 6.42 Å². The fourth-order valence-electron chi connectivity index (χ4n) is 0.383. The SMILES string of the molecule is C=CC.C=CCCCCCl. The van der Waals surface area contributed by atoms with Crippen LogP contribution in [0.3, 0.4) is 0 Å². The maximum absolute atomic E-state index is 5.40. The molecule has 0 aliphatic carbocycles. The van der Waals surface area contributed by atoms with Gasteiger partial charge in [-0.05, 0) is 26.2 Å². The van der Waals surface area contributed by atoms with Crippen LogP contribution in [0.25, 0.3) is 0 Å². The lowest BCUT2D eigenvalue weighted by molar-refractivity contribution is 0.821. The smallest absolute Gasteiger partial charge is 0.0223 e. The largest absolute Gasteiger partial charge is 0.127 e. The Morgan fingerprint density at radius 2 is 1.80 bits per heavy atom. The van der Waals surface area contributed by atoms with Gasteiger partial charge in [-0.1, -0.05) is 12.2 Å². The molecule has 60 valence electrons. The van der Waals surface area contributed by atoms with Crippen LogP contribution >= 0.6 is 11.6 Å². The van der Waals surface area contributed by atoms with Gasteiger partial charge in [0.25, 0.3) is 0 Å². The highest BCUT2D eigenvalue weighted by Gasteiger charge is 1.78. The van der Waals surface area contributed by atoms with Crippen LogP contribution in [0.1, 0.15) is 26.2 Å². The van der Waals surface area contributed by atoms with Gasteiger partial charge >= 0.3 is 0 Å². The number of alkyl halides is 1. The third-order valence-corrected chi connectivity index (χ3v) is 1.06. The Labute approximate surface area is 69.6 Å². The molecule has 0 rings (SSSR count). The summed E-state index contributed by atoms with van der Waals surface area (Å²) in [7, 11) is 0. The van der Waals surface area contributed by atoms with Crippen molar-refractivity contribution >= 4 is 11.6 Å². The fraction of sp³-hybridized carbons (Fsp3) is 0.556. The van der Waals surface area contributed by atoms with Gasteiger partial charge in [-0.25, -0.2) is 0 Å². The van der Waals surface area contributed by atoms with Crippen molar-refractivity contribution in [2.24, 2.45) is 0 Å². The third kappa shape index (κ3) is 25.1. The van der Waals surface area contributed by atoms with Gasteiger partial charge in [0.2, 0.25) is 0 Å². The monoisotopic (exact) mass is 160 g/mol. The molecule has 0 radical (unpaired) electrons. The van der Waals surface area contributed by atoms with E-state index in [0.717, 1.165) is 18.7 Å². The first-order valence-electron chi connectivity index (χ1n) is 3.57. The predicted octanol–water partition coefficient (Wildman–Crippen LogP) is 3.77. The van der Waals surface area contributed by atoms with Gasteiger partial charge in [0, 0.05) is 5.88 Å². The highest BCUT2D eigenvalue weighted by atomic mass is 35.5. The molecule has 0 saturated heterocycles. The van der Waals surface area contributed by atoms with Crippen molar-refractivity contribution in [3.63, 3.8) is 0 Å². The van der Waals surface area contributed by atoms with Crippen LogP contribution in [-0.2, 0) is 0 Å². The number of hydrogen-bond acceptors (Lipinski definition) is 0. The maximum Gasteiger partial charge on any atom is 0.0223 e. The van der Waals surface area contributed by atoms with Gasteiger partial charge in [0.15, 0.2) is 0 Å². The molecule has 0 saturated carbocycles. The van der Waals surface area contributed by atoms with Crippen molar-refractivity contribution in [3.8, 4) is 0 Å². The van der Waals surface area contributed by atoms with Crippen LogP contribution < -0.4 is 0 Å². The van der Waals surface area contributed by atoms with Crippen molar-refractivity contribution in [2.75, 3.05) is 5.88 Å². The second kappa shape index (κ2) is 15.9. The molecule has 0 N–H and O–H groups in total. The summed E-state index contributed by atoms with van der Waals surface area (Å²) in [6.07, 6.45) is 7.08. The first-order chi connectivity index (χ1) is 4.83. The Hall–Kier alpha value is -0.230. The molecular formula is C9H17Cl. The minimum absolute atomic E-state index is 0.786. The molecule has 10 heavy (non-hydrogen) atoms. The molecule has 0 aromatic carbocycles. The lowest BCUT2D eigenvalue weighted by atomic mass is 10.2. The lowest BCUT2D eigenvalue weighted by Crippen LogP contribution is -1.72. The molecule has 0 aromatic rings. The minimum atomic E-state index is 0.786. The van der Waals surface area contributed by atoms with Gasteiger partial charge in [-0.2, -0.15) is 0 Å². The van der Waals surface area contributed by atoms with Crippen LogP contribution in [0.15, 0.2) is 25.3 Å². The Morgan fingerprint density at radius 1 is 1.30 bits per heavy atom. The van der Waals surface area contributed by atoms with Crippen LogP contribution in [0.2, 0.25) is 0 Å². The number of halogens is 1. The van der Waals surface area contributed by atoms with Crippen molar-refractivity contribution in [3.05, 3.63) is 25.3 Å². The fourth-order valence-corrected chi connectivity index (χ4v) is 0.572. The first-order valence-corrected chi connectivity index (χ1v) is 4.10. The normalized spacial score (nSPS) is 7.40. The molecule has 0 fully saturated rings. The Kier molecular flexibility index (Phi) is 19.8. The summed E-state index contributed by atoms with van der Waals surface area (Å²) >= 11 is 5.40. The summed E-state index contributed by atoms with van der Waals surface area (Å²) in [6.45, 7) is 8.84. The molecule has 0 aromatic heterocycles. The quantitative estimate of drug-likeness (QED) is 0.334. The van der Waals surface area contributed by atoms with E-state index in [9.17, 15) is 0 Å². The molecule has 0 aliphatic heterocycles. The van der Waals surface area contributed by atoms with Crippen LogP contribution in [0.4, 0.5) is 0 Å². The van der Waals surface area contributed by atoms with Crippen LogP contribution in [-0.4, -0.2) is 5.88 Å². The molecule has 0 heterocycles. The molecular weight excluding hydrogens is 144 g/mol. The third-order valence-electron chi connectivity index (χ3n) is 0.792. The van der Waals surface area contributed by atoms with Gasteiger partial charge in [0.05, 0.1) is 0 Å². The number of rotatable bonds is 4. The van der Waals surface area contributed by atoms with Crippen molar-refractivity contribution < 1.29 is 0 Å². The van der Waals surface area contributed by atoms with E-state index >= 15 is 0 Å². The van der Waals surface area contributed by atoms with Gasteiger partial charge in [0.1, 0.15) is 0 Å². The highest BCUT2D eigenvalue weighted by molar-refractivity contribution is 6.17. The van der Waals surface area contributed by atoms with E-state index in [-0.39, 0.29) is 0 Å². The topological polar surface area (TPSA) is 0 Å². The lowest BCUT2D eigenvalue weighted by Gasteiger charge is -1.86. The van der Waals surface area contributed by atoms with Crippen molar-refractivity contribution in [2.45, 2.75) is 26.2 Å². The van der Waals surface area contributed by atoms with E-state index < -0.39 is 0 Å². The molecule has 1 heteroatoms. The van der Waals surface area contributed by atoms with Gasteiger partial charge in [-0.15, -0.1) is 24.8 Å². The number of unbranched alkanes of at least 4 members (excludes halogenated alkanes) is 2. The maximum atomic E-state index is 5.40. The summed E-state index contributed by atoms with van der Waals surface area (Å²) in [6, 6.07) is 0. The number of allylic oxidation sites excluding steroid dienone is 2. The average molecular weight is 161 g/mol. The zero-order chi connectivity index (χ0) is 8.24. The predicted molar refractivity (Wildman–Crippen MR) is 50.6 cm³/mol. The van der Waals surface area contributed by atoms with Crippen molar-refractivity contribution in [1.82, 2.24) is 0 Å². The second-order valence-corrected chi connectivity index (χ2v) is 2.26. The molecule has 0 bridgehead atoms. The Morgan fingerprint density at radius 3 is 2.10 bits per heavy atom. The molecule has 0 spiro atoms. The first kappa shape index (κ1) is 12.4. The Bertz CT molecular complexity index is 67.1. The molecule has 0 aliphatic rings. The second-order valence-electron chi connectivity index (χ2n) is 1.88. The van der Waals surface area contributed by atoms with E-state index in [4.69, 9.17) is 11.6 Å². The zero-order valence-corrected chi connectivity index (χ0v) is 7.53. The van der Waals surface area contributed by atoms with Gasteiger partial charge < -0.3 is 0 Å². The van der Waals surface area contributed by atoms with E-state index in [1.54, 1.807) is 6.08 Å². The zero-order valence-electron chi connectivity index (χ0n) is 6.78. The summed E-state index contributed by atoms with van der Waals surface area (Å²) in [4.78, 5) is 0. The summed E-state index contributed by atoms with van der Waals surface area (Å²) < 4.78 is 0. The molecule has 0 unspecified atom stereocenters. The number of hydrogen-bond donors (Lipinski definition) is 0. The molecule has 0 atom stereocenters. The summed E-state index contributed by atoms with van der Waals surface area (Å²) in [5, 5.41) is 0.